The van der Waals surface area contributed by atoms with Crippen molar-refractivity contribution in [1.29, 1.82) is 0 Å². The van der Waals surface area contributed by atoms with Crippen LogP contribution in [-0.2, 0) is 4.79 Å². The van der Waals surface area contributed by atoms with E-state index in [4.69, 9.17) is 5.11 Å². The Labute approximate surface area is 131 Å². The number of anilines is 1. The number of rotatable bonds is 4. The van der Waals surface area contributed by atoms with Crippen molar-refractivity contribution in [2.45, 2.75) is 0 Å². The average molecular weight is 307 g/mol. The molecule has 1 aromatic heterocycles. The van der Waals surface area contributed by atoms with Crippen LogP contribution in [0.4, 0.5) is 5.95 Å². The first-order chi connectivity index (χ1) is 11.1. The smallest absolute Gasteiger partial charge is 0.335 e. The van der Waals surface area contributed by atoms with E-state index in [9.17, 15) is 9.59 Å². The lowest BCUT2D eigenvalue weighted by atomic mass is 10.1. The number of fused-ring (bicyclic) bond motifs is 1. The maximum absolute atomic E-state index is 11.9. The van der Waals surface area contributed by atoms with E-state index in [0.717, 1.165) is 16.6 Å². The van der Waals surface area contributed by atoms with Crippen LogP contribution in [0.3, 0.4) is 0 Å². The van der Waals surface area contributed by atoms with Crippen molar-refractivity contribution in [3.05, 3.63) is 65.7 Å². The fourth-order valence-electron chi connectivity index (χ4n) is 2.08. The summed E-state index contributed by atoms with van der Waals surface area (Å²) in [5, 5.41) is 11.5. The molecule has 0 aliphatic carbocycles. The highest BCUT2D eigenvalue weighted by molar-refractivity contribution is 6.01. The molecule has 0 bridgehead atoms. The van der Waals surface area contributed by atoms with Crippen LogP contribution in [0.15, 0.2) is 54.6 Å². The molecule has 1 amide bonds. The Bertz CT molecular complexity index is 862. The number of hydrogen-bond donors (Lipinski definition) is 3. The Kier molecular flexibility index (Phi) is 3.88. The van der Waals surface area contributed by atoms with Gasteiger partial charge in [0.15, 0.2) is 0 Å². The number of benzene rings is 2. The molecule has 2 aromatic carbocycles. The maximum Gasteiger partial charge on any atom is 0.335 e. The van der Waals surface area contributed by atoms with Gasteiger partial charge in [-0.25, -0.2) is 9.78 Å². The van der Waals surface area contributed by atoms with Crippen LogP contribution in [0.2, 0.25) is 0 Å². The van der Waals surface area contributed by atoms with Crippen LogP contribution < -0.4 is 5.32 Å². The first kappa shape index (κ1) is 14.5. The summed E-state index contributed by atoms with van der Waals surface area (Å²) in [7, 11) is 0. The van der Waals surface area contributed by atoms with Crippen LogP contribution >= 0.6 is 0 Å². The highest BCUT2D eigenvalue weighted by Gasteiger charge is 2.04. The molecule has 6 heteroatoms. The second-order valence-electron chi connectivity index (χ2n) is 4.85. The van der Waals surface area contributed by atoms with Gasteiger partial charge < -0.3 is 10.1 Å². The van der Waals surface area contributed by atoms with Gasteiger partial charge in [-0.2, -0.15) is 0 Å². The number of imidazole rings is 1. The number of nitrogens with one attached hydrogen (secondary N) is 2. The topological polar surface area (TPSA) is 95.1 Å². The van der Waals surface area contributed by atoms with E-state index in [1.807, 2.05) is 24.3 Å². The van der Waals surface area contributed by atoms with Gasteiger partial charge in [0.25, 0.3) is 5.91 Å². The summed E-state index contributed by atoms with van der Waals surface area (Å²) in [6.07, 6.45) is 2.96. The van der Waals surface area contributed by atoms with Gasteiger partial charge in [-0.1, -0.05) is 24.3 Å². The highest BCUT2D eigenvalue weighted by Crippen LogP contribution is 2.13. The average Bonchev–Trinajstić information content (AvgIpc) is 2.95. The first-order valence-electron chi connectivity index (χ1n) is 6.89. The number of aromatic carboxylic acids is 1. The third kappa shape index (κ3) is 3.44. The fourth-order valence-corrected chi connectivity index (χ4v) is 2.08. The molecule has 23 heavy (non-hydrogen) atoms. The van der Waals surface area contributed by atoms with Crippen molar-refractivity contribution in [3.8, 4) is 0 Å². The Hall–Kier alpha value is -3.41. The summed E-state index contributed by atoms with van der Waals surface area (Å²) in [5.41, 5.74) is 2.55. The van der Waals surface area contributed by atoms with Gasteiger partial charge >= 0.3 is 5.97 Å². The van der Waals surface area contributed by atoms with E-state index in [0.29, 0.717) is 5.95 Å². The molecular weight excluding hydrogens is 294 g/mol. The largest absolute Gasteiger partial charge is 0.478 e. The lowest BCUT2D eigenvalue weighted by molar-refractivity contribution is -0.111. The number of carboxylic acids is 1. The van der Waals surface area contributed by atoms with E-state index >= 15 is 0 Å². The van der Waals surface area contributed by atoms with Crippen molar-refractivity contribution in [1.82, 2.24) is 9.97 Å². The van der Waals surface area contributed by atoms with Crippen LogP contribution in [0.25, 0.3) is 17.1 Å². The molecule has 0 spiro atoms. The zero-order valence-electron chi connectivity index (χ0n) is 12.0. The minimum atomic E-state index is -0.983. The molecule has 0 aliphatic rings. The molecule has 0 radical (unpaired) electrons. The Morgan fingerprint density at radius 1 is 1.09 bits per heavy atom. The van der Waals surface area contributed by atoms with E-state index in [1.165, 1.54) is 18.2 Å². The summed E-state index contributed by atoms with van der Waals surface area (Å²) < 4.78 is 0. The van der Waals surface area contributed by atoms with Crippen LogP contribution in [0, 0.1) is 0 Å². The molecule has 3 rings (SSSR count). The second kappa shape index (κ2) is 6.15. The highest BCUT2D eigenvalue weighted by atomic mass is 16.4. The Morgan fingerprint density at radius 3 is 2.52 bits per heavy atom. The summed E-state index contributed by atoms with van der Waals surface area (Å²) in [6, 6.07) is 13.7. The Balaban J connectivity index is 1.67. The minimum absolute atomic E-state index is 0.203. The number of para-hydroxylation sites is 2. The SMILES string of the molecule is O=C(C=Cc1ccc(C(=O)O)cc1)Nc1nc2ccccc2[nH]1. The number of carbonyl (C=O) groups is 2. The number of carboxylic acid groups (broad SMARTS) is 1. The van der Waals surface area contributed by atoms with E-state index in [1.54, 1.807) is 18.2 Å². The van der Waals surface area contributed by atoms with Gasteiger partial charge in [-0.05, 0) is 35.9 Å². The minimum Gasteiger partial charge on any atom is -0.478 e. The molecule has 0 unspecified atom stereocenters. The number of aromatic amines is 1. The van der Waals surface area contributed by atoms with Crippen LogP contribution in [0.5, 0.6) is 0 Å². The molecule has 0 aliphatic heterocycles. The first-order valence-corrected chi connectivity index (χ1v) is 6.89. The second-order valence-corrected chi connectivity index (χ2v) is 4.85. The third-order valence-corrected chi connectivity index (χ3v) is 3.22. The predicted octanol–water partition coefficient (Wildman–Crippen LogP) is 2.91. The quantitative estimate of drug-likeness (QED) is 0.646. The van der Waals surface area contributed by atoms with Crippen LogP contribution in [-0.4, -0.2) is 27.0 Å². The number of carbonyl (C=O) groups excluding carboxylic acids is 1. The van der Waals surface area contributed by atoms with E-state index in [-0.39, 0.29) is 11.5 Å². The van der Waals surface area contributed by atoms with Gasteiger partial charge in [0.2, 0.25) is 5.95 Å². The van der Waals surface area contributed by atoms with Crippen molar-refractivity contribution in [3.63, 3.8) is 0 Å². The normalized spacial score (nSPS) is 11.0. The van der Waals surface area contributed by atoms with Crippen molar-refractivity contribution in [2.75, 3.05) is 5.32 Å². The zero-order valence-corrected chi connectivity index (χ0v) is 12.0. The van der Waals surface area contributed by atoms with Crippen molar-refractivity contribution < 1.29 is 14.7 Å². The van der Waals surface area contributed by atoms with Gasteiger partial charge in [0.1, 0.15) is 0 Å². The number of H-pyrrole nitrogens is 1. The lowest BCUT2D eigenvalue weighted by Crippen LogP contribution is -2.08. The van der Waals surface area contributed by atoms with Gasteiger partial charge in [0, 0.05) is 6.08 Å². The maximum atomic E-state index is 11.9. The molecule has 0 atom stereocenters. The van der Waals surface area contributed by atoms with Gasteiger partial charge in [-0.3, -0.25) is 10.1 Å². The lowest BCUT2D eigenvalue weighted by Gasteiger charge is -1.97. The summed E-state index contributed by atoms with van der Waals surface area (Å²) >= 11 is 0. The number of amides is 1. The predicted molar refractivity (Wildman–Crippen MR) is 87.2 cm³/mol. The zero-order chi connectivity index (χ0) is 16.2. The van der Waals surface area contributed by atoms with Gasteiger partial charge in [0.05, 0.1) is 16.6 Å². The third-order valence-electron chi connectivity index (χ3n) is 3.22. The number of nitrogens with zero attached hydrogens (tertiary/aromatic N) is 1. The monoisotopic (exact) mass is 307 g/mol. The molecule has 3 aromatic rings. The van der Waals surface area contributed by atoms with Gasteiger partial charge in [-0.15, -0.1) is 0 Å². The molecule has 0 saturated carbocycles. The van der Waals surface area contributed by atoms with Crippen molar-refractivity contribution in [2.24, 2.45) is 0 Å². The van der Waals surface area contributed by atoms with E-state index < -0.39 is 5.97 Å². The molecular formula is C17H13N3O3. The standard InChI is InChI=1S/C17H13N3O3/c21-15(10-7-11-5-8-12(9-6-11)16(22)23)20-17-18-13-3-1-2-4-14(13)19-17/h1-10H,(H,22,23)(H2,18,19,20,21). The summed E-state index contributed by atoms with van der Waals surface area (Å²) in [6.45, 7) is 0. The van der Waals surface area contributed by atoms with E-state index in [2.05, 4.69) is 15.3 Å². The molecule has 1 heterocycles. The molecule has 3 N–H and O–H groups in total. The Morgan fingerprint density at radius 2 is 1.83 bits per heavy atom. The fraction of sp³-hybridized carbons (Fsp3) is 0. The number of aromatic nitrogens is 2. The number of hydrogen-bond acceptors (Lipinski definition) is 3. The summed E-state index contributed by atoms with van der Waals surface area (Å²) in [5.74, 6) is -0.934. The summed E-state index contributed by atoms with van der Waals surface area (Å²) in [4.78, 5) is 29.9. The van der Waals surface area contributed by atoms with Crippen LogP contribution in [0.1, 0.15) is 15.9 Å². The molecule has 0 saturated heterocycles. The molecule has 6 nitrogen and oxygen atoms in total. The van der Waals surface area contributed by atoms with Crippen molar-refractivity contribution >= 4 is 34.9 Å². The molecule has 114 valence electrons. The molecule has 0 fully saturated rings.